The smallest absolute Gasteiger partial charge is 0.126 e. The largest absolute Gasteiger partial charge is 0.311 e. The normalized spacial score (nSPS) is 23.8. The van der Waals surface area contributed by atoms with Gasteiger partial charge in [0.15, 0.2) is 0 Å². The number of benzene rings is 1. The van der Waals surface area contributed by atoms with Crippen LogP contribution >= 0.6 is 15.9 Å². The van der Waals surface area contributed by atoms with E-state index in [2.05, 4.69) is 35.1 Å². The van der Waals surface area contributed by atoms with Crippen molar-refractivity contribution in [3.8, 4) is 0 Å². The van der Waals surface area contributed by atoms with Crippen LogP contribution in [-0.2, 0) is 6.42 Å². The number of hydrogen-bond donors (Lipinski definition) is 1. The molecule has 0 amide bonds. The highest BCUT2D eigenvalue weighted by Crippen LogP contribution is 2.32. The fourth-order valence-corrected chi connectivity index (χ4v) is 3.50. The SMILES string of the molecule is CC(C)CC1(Cc2cc(Br)ccc2F)CCCN1. The molecule has 1 heterocycles. The molecular formula is C15H21BrFN. The fraction of sp³-hybridized carbons (Fsp3) is 0.600. The van der Waals surface area contributed by atoms with Crippen molar-refractivity contribution < 1.29 is 4.39 Å². The molecule has 100 valence electrons. The summed E-state index contributed by atoms with van der Waals surface area (Å²) in [5.74, 6) is 0.542. The van der Waals surface area contributed by atoms with Gasteiger partial charge in [-0.15, -0.1) is 0 Å². The molecular weight excluding hydrogens is 293 g/mol. The molecule has 0 aromatic heterocycles. The average Bonchev–Trinajstić information content (AvgIpc) is 2.71. The molecule has 1 aliphatic rings. The Kier molecular flexibility index (Phi) is 4.44. The van der Waals surface area contributed by atoms with Gasteiger partial charge in [0.2, 0.25) is 0 Å². The topological polar surface area (TPSA) is 12.0 Å². The summed E-state index contributed by atoms with van der Waals surface area (Å²) in [6.07, 6.45) is 4.24. The van der Waals surface area contributed by atoms with Gasteiger partial charge in [-0.05, 0) is 61.9 Å². The zero-order valence-electron chi connectivity index (χ0n) is 11.1. The van der Waals surface area contributed by atoms with Crippen molar-refractivity contribution >= 4 is 15.9 Å². The van der Waals surface area contributed by atoms with Gasteiger partial charge in [-0.2, -0.15) is 0 Å². The molecule has 1 aromatic rings. The maximum atomic E-state index is 13.9. The van der Waals surface area contributed by atoms with Crippen LogP contribution in [0.15, 0.2) is 22.7 Å². The molecule has 1 unspecified atom stereocenters. The van der Waals surface area contributed by atoms with E-state index >= 15 is 0 Å². The molecule has 1 atom stereocenters. The lowest BCUT2D eigenvalue weighted by atomic mass is 9.82. The van der Waals surface area contributed by atoms with Crippen molar-refractivity contribution in [3.05, 3.63) is 34.1 Å². The van der Waals surface area contributed by atoms with Crippen LogP contribution in [0.25, 0.3) is 0 Å². The van der Waals surface area contributed by atoms with Gasteiger partial charge in [-0.25, -0.2) is 4.39 Å². The molecule has 0 bridgehead atoms. The van der Waals surface area contributed by atoms with Crippen LogP contribution in [0.2, 0.25) is 0 Å². The van der Waals surface area contributed by atoms with Crippen LogP contribution < -0.4 is 5.32 Å². The average molecular weight is 314 g/mol. The Balaban J connectivity index is 2.20. The molecule has 0 spiro atoms. The Labute approximate surface area is 117 Å². The minimum absolute atomic E-state index is 0.0879. The summed E-state index contributed by atoms with van der Waals surface area (Å²) in [5, 5.41) is 3.61. The molecule has 0 saturated carbocycles. The first-order valence-corrected chi connectivity index (χ1v) is 7.49. The Hall–Kier alpha value is -0.410. The van der Waals surface area contributed by atoms with Crippen LogP contribution in [0.1, 0.15) is 38.7 Å². The predicted octanol–water partition coefficient (Wildman–Crippen LogP) is 4.30. The molecule has 2 rings (SSSR count). The molecule has 1 aliphatic heterocycles. The summed E-state index contributed by atoms with van der Waals surface area (Å²) in [5.41, 5.74) is 0.912. The molecule has 1 N–H and O–H groups in total. The molecule has 0 aliphatic carbocycles. The molecule has 1 fully saturated rings. The van der Waals surface area contributed by atoms with Gasteiger partial charge in [0.25, 0.3) is 0 Å². The second-order valence-electron chi connectivity index (χ2n) is 5.82. The summed E-state index contributed by atoms with van der Waals surface area (Å²) in [4.78, 5) is 0. The van der Waals surface area contributed by atoms with E-state index in [4.69, 9.17) is 0 Å². The highest BCUT2D eigenvalue weighted by Gasteiger charge is 2.34. The van der Waals surface area contributed by atoms with E-state index in [0.717, 1.165) is 35.8 Å². The second kappa shape index (κ2) is 5.70. The zero-order chi connectivity index (χ0) is 13.2. The standard InChI is InChI=1S/C15H21BrFN/c1-11(2)9-15(6-3-7-18-15)10-12-8-13(16)4-5-14(12)17/h4-5,8,11,18H,3,6-7,9-10H2,1-2H3. The van der Waals surface area contributed by atoms with E-state index in [1.807, 2.05) is 6.07 Å². The van der Waals surface area contributed by atoms with Crippen molar-refractivity contribution in [2.75, 3.05) is 6.54 Å². The maximum Gasteiger partial charge on any atom is 0.126 e. The van der Waals surface area contributed by atoms with Crippen LogP contribution in [0.4, 0.5) is 4.39 Å². The molecule has 1 saturated heterocycles. The van der Waals surface area contributed by atoms with Gasteiger partial charge in [-0.1, -0.05) is 29.8 Å². The van der Waals surface area contributed by atoms with Crippen LogP contribution in [0.3, 0.4) is 0 Å². The highest BCUT2D eigenvalue weighted by molar-refractivity contribution is 9.10. The van der Waals surface area contributed by atoms with Crippen LogP contribution in [0.5, 0.6) is 0 Å². The number of halogens is 2. The lowest BCUT2D eigenvalue weighted by Crippen LogP contribution is -2.43. The summed E-state index contributed by atoms with van der Waals surface area (Å²) in [7, 11) is 0. The highest BCUT2D eigenvalue weighted by atomic mass is 79.9. The molecule has 0 radical (unpaired) electrons. The maximum absolute atomic E-state index is 13.9. The first kappa shape index (κ1) is 14.0. The zero-order valence-corrected chi connectivity index (χ0v) is 12.7. The number of nitrogens with one attached hydrogen (secondary N) is 1. The van der Waals surface area contributed by atoms with Gasteiger partial charge in [0.05, 0.1) is 0 Å². The Morgan fingerprint density at radius 2 is 2.22 bits per heavy atom. The van der Waals surface area contributed by atoms with Crippen molar-refractivity contribution in [2.24, 2.45) is 5.92 Å². The van der Waals surface area contributed by atoms with Gasteiger partial charge in [0, 0.05) is 10.0 Å². The second-order valence-corrected chi connectivity index (χ2v) is 6.74. The summed E-state index contributed by atoms with van der Waals surface area (Å²) in [6, 6.07) is 5.23. The molecule has 3 heteroatoms. The lowest BCUT2D eigenvalue weighted by molar-refractivity contribution is 0.298. The van der Waals surface area contributed by atoms with E-state index in [1.54, 1.807) is 12.1 Å². The van der Waals surface area contributed by atoms with E-state index in [0.29, 0.717) is 5.92 Å². The predicted molar refractivity (Wildman–Crippen MR) is 77.2 cm³/mol. The van der Waals surface area contributed by atoms with Crippen LogP contribution in [-0.4, -0.2) is 12.1 Å². The summed E-state index contributed by atoms with van der Waals surface area (Å²) >= 11 is 3.43. The quantitative estimate of drug-likeness (QED) is 0.874. The minimum Gasteiger partial charge on any atom is -0.311 e. The number of rotatable bonds is 4. The Bertz CT molecular complexity index is 411. The third-order valence-electron chi connectivity index (χ3n) is 3.67. The molecule has 1 nitrogen and oxygen atoms in total. The van der Waals surface area contributed by atoms with Crippen LogP contribution in [0, 0.1) is 11.7 Å². The van der Waals surface area contributed by atoms with Crippen molar-refractivity contribution in [1.82, 2.24) is 5.32 Å². The lowest BCUT2D eigenvalue weighted by Gasteiger charge is -2.32. The Morgan fingerprint density at radius 3 is 2.83 bits per heavy atom. The van der Waals surface area contributed by atoms with Gasteiger partial charge < -0.3 is 5.32 Å². The van der Waals surface area contributed by atoms with Crippen molar-refractivity contribution in [3.63, 3.8) is 0 Å². The first-order valence-electron chi connectivity index (χ1n) is 6.70. The van der Waals surface area contributed by atoms with Crippen molar-refractivity contribution in [2.45, 2.75) is 45.1 Å². The third-order valence-corrected chi connectivity index (χ3v) is 4.16. The monoisotopic (exact) mass is 313 g/mol. The fourth-order valence-electron chi connectivity index (χ4n) is 3.09. The molecule has 18 heavy (non-hydrogen) atoms. The number of hydrogen-bond acceptors (Lipinski definition) is 1. The van der Waals surface area contributed by atoms with E-state index in [9.17, 15) is 4.39 Å². The van der Waals surface area contributed by atoms with Gasteiger partial charge >= 0.3 is 0 Å². The third kappa shape index (κ3) is 3.33. The van der Waals surface area contributed by atoms with E-state index < -0.39 is 0 Å². The molecule has 1 aromatic carbocycles. The first-order chi connectivity index (χ1) is 8.51. The summed E-state index contributed by atoms with van der Waals surface area (Å²) in [6.45, 7) is 5.53. The van der Waals surface area contributed by atoms with E-state index in [1.165, 1.54) is 6.42 Å². The van der Waals surface area contributed by atoms with Crippen molar-refractivity contribution in [1.29, 1.82) is 0 Å². The summed E-state index contributed by atoms with van der Waals surface area (Å²) < 4.78 is 14.8. The van der Waals surface area contributed by atoms with Gasteiger partial charge in [-0.3, -0.25) is 0 Å². The minimum atomic E-state index is -0.0879. The van der Waals surface area contributed by atoms with Gasteiger partial charge in [0.1, 0.15) is 5.82 Å². The van der Waals surface area contributed by atoms with E-state index in [-0.39, 0.29) is 11.4 Å². The Morgan fingerprint density at radius 1 is 1.44 bits per heavy atom.